The lowest BCUT2D eigenvalue weighted by Gasteiger charge is -2.27. The Kier molecular flexibility index (Phi) is 5.35. The van der Waals surface area contributed by atoms with Crippen molar-refractivity contribution < 1.29 is 19.1 Å². The second-order valence-electron chi connectivity index (χ2n) is 5.96. The van der Waals surface area contributed by atoms with Crippen molar-refractivity contribution in [3.8, 4) is 0 Å². The molecule has 5 heteroatoms. The Morgan fingerprint density at radius 2 is 1.89 bits per heavy atom. The molecule has 19 heavy (non-hydrogen) atoms. The van der Waals surface area contributed by atoms with E-state index in [0.29, 0.717) is 13.0 Å². The summed E-state index contributed by atoms with van der Waals surface area (Å²) in [6.07, 6.45) is 1.89. The third-order valence-electron chi connectivity index (χ3n) is 3.23. The number of esters is 2. The van der Waals surface area contributed by atoms with Crippen LogP contribution >= 0.6 is 0 Å². The third-order valence-corrected chi connectivity index (χ3v) is 3.23. The first-order valence-corrected chi connectivity index (χ1v) is 6.85. The molecule has 0 aromatic carbocycles. The van der Waals surface area contributed by atoms with E-state index < -0.39 is 5.60 Å². The van der Waals surface area contributed by atoms with Crippen molar-refractivity contribution in [2.75, 3.05) is 13.7 Å². The van der Waals surface area contributed by atoms with E-state index in [2.05, 4.69) is 0 Å². The lowest BCUT2D eigenvalue weighted by molar-refractivity contribution is -0.161. The predicted octanol–water partition coefficient (Wildman–Crippen LogP) is 1.74. The molecule has 5 nitrogen and oxygen atoms in total. The van der Waals surface area contributed by atoms with E-state index in [0.717, 1.165) is 12.8 Å². The molecule has 1 fully saturated rings. The van der Waals surface area contributed by atoms with Gasteiger partial charge in [0, 0.05) is 6.04 Å². The van der Waals surface area contributed by atoms with Crippen LogP contribution in [0.2, 0.25) is 0 Å². The standard InChI is InChI=1S/C14H25NO4/c1-6-18-12(16)9-10-7-8-11(15(10)5)13(17)19-14(2,3)4/h10-11H,6-9H2,1-5H3/t10-,11-/m1/s1. The molecule has 0 aromatic rings. The van der Waals surface area contributed by atoms with Crippen LogP contribution in [0.1, 0.15) is 47.0 Å². The molecule has 0 spiro atoms. The van der Waals surface area contributed by atoms with Gasteiger partial charge in [-0.1, -0.05) is 0 Å². The zero-order chi connectivity index (χ0) is 14.6. The molecule has 0 aliphatic carbocycles. The molecule has 0 unspecified atom stereocenters. The molecule has 0 saturated carbocycles. The molecule has 2 atom stereocenters. The summed E-state index contributed by atoms with van der Waals surface area (Å²) in [6.45, 7) is 7.76. The Morgan fingerprint density at radius 1 is 1.26 bits per heavy atom. The summed E-state index contributed by atoms with van der Waals surface area (Å²) in [4.78, 5) is 25.5. The van der Waals surface area contributed by atoms with Crippen LogP contribution in [-0.4, -0.2) is 48.2 Å². The molecule has 110 valence electrons. The van der Waals surface area contributed by atoms with Crippen molar-refractivity contribution in [2.24, 2.45) is 0 Å². The Bertz CT molecular complexity index is 335. The molecule has 1 saturated heterocycles. The van der Waals surface area contributed by atoms with E-state index in [1.807, 2.05) is 32.7 Å². The van der Waals surface area contributed by atoms with Gasteiger partial charge >= 0.3 is 11.9 Å². The number of nitrogens with zero attached hydrogens (tertiary/aromatic N) is 1. The van der Waals surface area contributed by atoms with Crippen LogP contribution in [0.25, 0.3) is 0 Å². The van der Waals surface area contributed by atoms with Crippen LogP contribution in [0.4, 0.5) is 0 Å². The summed E-state index contributed by atoms with van der Waals surface area (Å²) < 4.78 is 10.3. The minimum atomic E-state index is -0.475. The molecular formula is C14H25NO4. The van der Waals surface area contributed by atoms with Gasteiger partial charge in [0.1, 0.15) is 11.6 Å². The topological polar surface area (TPSA) is 55.8 Å². The smallest absolute Gasteiger partial charge is 0.323 e. The average molecular weight is 271 g/mol. The van der Waals surface area contributed by atoms with E-state index in [4.69, 9.17) is 9.47 Å². The van der Waals surface area contributed by atoms with Crippen molar-refractivity contribution in [3.63, 3.8) is 0 Å². The highest BCUT2D eigenvalue weighted by atomic mass is 16.6. The number of carbonyl (C=O) groups is 2. The third kappa shape index (κ3) is 4.82. The molecule has 0 amide bonds. The van der Waals surface area contributed by atoms with Crippen LogP contribution in [0.5, 0.6) is 0 Å². The summed E-state index contributed by atoms with van der Waals surface area (Å²) in [5.41, 5.74) is -0.475. The monoisotopic (exact) mass is 271 g/mol. The van der Waals surface area contributed by atoms with Gasteiger partial charge in [0.2, 0.25) is 0 Å². The molecule has 0 aromatic heterocycles. The zero-order valence-electron chi connectivity index (χ0n) is 12.6. The van der Waals surface area contributed by atoms with Crippen LogP contribution in [0.3, 0.4) is 0 Å². The van der Waals surface area contributed by atoms with E-state index in [9.17, 15) is 9.59 Å². The molecule has 0 bridgehead atoms. The summed E-state index contributed by atoms with van der Waals surface area (Å²) in [7, 11) is 1.87. The van der Waals surface area contributed by atoms with Crippen molar-refractivity contribution >= 4 is 11.9 Å². The normalized spacial score (nSPS) is 24.3. The molecule has 1 rings (SSSR count). The number of hydrogen-bond donors (Lipinski definition) is 0. The second-order valence-corrected chi connectivity index (χ2v) is 5.96. The fraction of sp³-hybridized carbons (Fsp3) is 0.857. The number of ether oxygens (including phenoxy) is 2. The van der Waals surface area contributed by atoms with Gasteiger partial charge in [-0.05, 0) is 47.6 Å². The number of carbonyl (C=O) groups excluding carboxylic acids is 2. The SMILES string of the molecule is CCOC(=O)C[C@H]1CC[C@H](C(=O)OC(C)(C)C)N1C. The highest BCUT2D eigenvalue weighted by Crippen LogP contribution is 2.26. The van der Waals surface area contributed by atoms with Crippen LogP contribution in [0.15, 0.2) is 0 Å². The largest absolute Gasteiger partial charge is 0.466 e. The quantitative estimate of drug-likeness (QED) is 0.729. The Morgan fingerprint density at radius 3 is 2.42 bits per heavy atom. The lowest BCUT2D eigenvalue weighted by atomic mass is 10.1. The van der Waals surface area contributed by atoms with Crippen molar-refractivity contribution in [1.29, 1.82) is 0 Å². The first-order chi connectivity index (χ1) is 8.74. The van der Waals surface area contributed by atoms with Gasteiger partial charge < -0.3 is 9.47 Å². The van der Waals surface area contributed by atoms with E-state index in [-0.39, 0.29) is 24.0 Å². The predicted molar refractivity (Wildman–Crippen MR) is 71.7 cm³/mol. The van der Waals surface area contributed by atoms with Gasteiger partial charge in [-0.3, -0.25) is 14.5 Å². The fourth-order valence-corrected chi connectivity index (χ4v) is 2.32. The van der Waals surface area contributed by atoms with E-state index >= 15 is 0 Å². The Hall–Kier alpha value is -1.10. The van der Waals surface area contributed by atoms with Gasteiger partial charge in [0.15, 0.2) is 0 Å². The van der Waals surface area contributed by atoms with Crippen molar-refractivity contribution in [3.05, 3.63) is 0 Å². The summed E-state index contributed by atoms with van der Waals surface area (Å²) in [5, 5.41) is 0. The fourth-order valence-electron chi connectivity index (χ4n) is 2.32. The van der Waals surface area contributed by atoms with Crippen LogP contribution in [-0.2, 0) is 19.1 Å². The van der Waals surface area contributed by atoms with E-state index in [1.54, 1.807) is 6.92 Å². The number of rotatable bonds is 4. The Balaban J connectivity index is 2.53. The molecule has 1 aliphatic rings. The first-order valence-electron chi connectivity index (χ1n) is 6.85. The molecular weight excluding hydrogens is 246 g/mol. The molecule has 0 radical (unpaired) electrons. The lowest BCUT2D eigenvalue weighted by Crippen LogP contribution is -2.42. The highest BCUT2D eigenvalue weighted by Gasteiger charge is 2.38. The number of likely N-dealkylation sites (tertiary alicyclic amines) is 1. The first kappa shape index (κ1) is 16.0. The van der Waals surface area contributed by atoms with Gasteiger partial charge in [0.05, 0.1) is 13.0 Å². The minimum absolute atomic E-state index is 0.0663. The van der Waals surface area contributed by atoms with Gasteiger partial charge in [-0.2, -0.15) is 0 Å². The van der Waals surface area contributed by atoms with Crippen LogP contribution in [0, 0.1) is 0 Å². The minimum Gasteiger partial charge on any atom is -0.466 e. The summed E-state index contributed by atoms with van der Waals surface area (Å²) in [6, 6.07) is -0.185. The molecule has 0 N–H and O–H groups in total. The highest BCUT2D eigenvalue weighted by molar-refractivity contribution is 5.77. The van der Waals surface area contributed by atoms with Gasteiger partial charge in [0.25, 0.3) is 0 Å². The summed E-state index contributed by atoms with van der Waals surface area (Å²) in [5.74, 6) is -0.412. The van der Waals surface area contributed by atoms with E-state index in [1.165, 1.54) is 0 Å². The molecule has 1 heterocycles. The average Bonchev–Trinajstić information content (AvgIpc) is 2.58. The number of likely N-dealkylation sites (N-methyl/N-ethyl adjacent to an activating group) is 1. The van der Waals surface area contributed by atoms with Crippen molar-refractivity contribution in [1.82, 2.24) is 4.90 Å². The zero-order valence-corrected chi connectivity index (χ0v) is 12.6. The van der Waals surface area contributed by atoms with Gasteiger partial charge in [-0.25, -0.2) is 0 Å². The Labute approximate surface area is 115 Å². The maximum Gasteiger partial charge on any atom is 0.323 e. The number of hydrogen-bond acceptors (Lipinski definition) is 5. The second kappa shape index (κ2) is 6.37. The van der Waals surface area contributed by atoms with Crippen molar-refractivity contribution in [2.45, 2.75) is 64.6 Å². The summed E-state index contributed by atoms with van der Waals surface area (Å²) >= 11 is 0. The van der Waals surface area contributed by atoms with Gasteiger partial charge in [-0.15, -0.1) is 0 Å². The maximum atomic E-state index is 12.0. The molecule has 1 aliphatic heterocycles. The maximum absolute atomic E-state index is 12.0. The van der Waals surface area contributed by atoms with Crippen LogP contribution < -0.4 is 0 Å².